The predicted molar refractivity (Wildman–Crippen MR) is 110 cm³/mol. The molecule has 5 rings (SSSR count). The molecule has 0 N–H and O–H groups in total. The quantitative estimate of drug-likeness (QED) is 0.383. The van der Waals surface area contributed by atoms with Crippen LogP contribution in [0.2, 0.25) is 5.02 Å². The third-order valence-electron chi connectivity index (χ3n) is 5.16. The van der Waals surface area contributed by atoms with E-state index in [1.54, 1.807) is 0 Å². The summed E-state index contributed by atoms with van der Waals surface area (Å²) >= 11 is 6.31. The van der Waals surface area contributed by atoms with E-state index >= 15 is 0 Å². The summed E-state index contributed by atoms with van der Waals surface area (Å²) in [5, 5.41) is 0.670. The second-order valence-electron chi connectivity index (χ2n) is 6.70. The van der Waals surface area contributed by atoms with Gasteiger partial charge in [0.2, 0.25) is 0 Å². The zero-order chi connectivity index (χ0) is 18.3. The number of benzene rings is 4. The van der Waals surface area contributed by atoms with Crippen LogP contribution in [0, 0.1) is 0 Å². The molecule has 0 spiro atoms. The number of hydrogen-bond acceptors (Lipinski definition) is 1. The van der Waals surface area contributed by atoms with Crippen LogP contribution < -0.4 is 4.74 Å². The zero-order valence-corrected chi connectivity index (χ0v) is 15.4. The van der Waals surface area contributed by atoms with Crippen molar-refractivity contribution in [2.75, 3.05) is 0 Å². The van der Waals surface area contributed by atoms with Crippen LogP contribution in [-0.4, -0.2) is 0 Å². The van der Waals surface area contributed by atoms with Crippen molar-refractivity contribution in [2.24, 2.45) is 0 Å². The topological polar surface area (TPSA) is 9.23 Å². The van der Waals surface area contributed by atoms with Gasteiger partial charge in [0.05, 0.1) is 0 Å². The number of fused-ring (bicyclic) bond motifs is 3. The van der Waals surface area contributed by atoms with Gasteiger partial charge in [-0.2, -0.15) is 0 Å². The molecular weight excluding hydrogens is 352 g/mol. The van der Waals surface area contributed by atoms with Gasteiger partial charge in [0, 0.05) is 27.3 Å². The van der Waals surface area contributed by atoms with Gasteiger partial charge in [-0.25, -0.2) is 0 Å². The number of hydrogen-bond donors (Lipinski definition) is 0. The lowest BCUT2D eigenvalue weighted by Gasteiger charge is -2.41. The Morgan fingerprint density at radius 1 is 0.593 bits per heavy atom. The van der Waals surface area contributed by atoms with Gasteiger partial charge in [0.1, 0.15) is 5.75 Å². The van der Waals surface area contributed by atoms with Gasteiger partial charge in [-0.15, -0.1) is 0 Å². The minimum atomic E-state index is -0.725. The molecule has 1 aliphatic heterocycles. The van der Waals surface area contributed by atoms with Crippen molar-refractivity contribution in [1.82, 2.24) is 0 Å². The maximum Gasteiger partial charge on any atom is 0.185 e. The maximum absolute atomic E-state index is 6.81. The van der Waals surface area contributed by atoms with Crippen molar-refractivity contribution in [3.63, 3.8) is 0 Å². The summed E-state index contributed by atoms with van der Waals surface area (Å²) in [6, 6.07) is 35.1. The third-order valence-corrected chi connectivity index (χ3v) is 5.40. The lowest BCUT2D eigenvalue weighted by molar-refractivity contribution is 0.152. The Kier molecular flexibility index (Phi) is 3.77. The summed E-state index contributed by atoms with van der Waals surface area (Å²) in [7, 11) is 0. The highest BCUT2D eigenvalue weighted by atomic mass is 35.5. The minimum Gasteiger partial charge on any atom is -0.472 e. The summed E-state index contributed by atoms with van der Waals surface area (Å²) in [6.07, 6.45) is 0. The lowest BCUT2D eigenvalue weighted by atomic mass is 9.75. The van der Waals surface area contributed by atoms with Crippen molar-refractivity contribution in [3.8, 4) is 16.9 Å². The molecule has 0 saturated heterocycles. The predicted octanol–water partition coefficient (Wildman–Crippen LogP) is 6.69. The van der Waals surface area contributed by atoms with E-state index in [1.807, 2.05) is 30.3 Å². The second-order valence-corrected chi connectivity index (χ2v) is 7.14. The van der Waals surface area contributed by atoms with Gasteiger partial charge >= 0.3 is 0 Å². The fourth-order valence-corrected chi connectivity index (χ4v) is 4.15. The molecule has 1 nitrogen and oxygen atoms in total. The Bertz CT molecular complexity index is 1060. The van der Waals surface area contributed by atoms with Crippen LogP contribution in [0.1, 0.15) is 16.7 Å². The number of rotatable bonds is 2. The molecule has 130 valence electrons. The summed E-state index contributed by atoms with van der Waals surface area (Å²) < 4.78 is 6.81. The Morgan fingerprint density at radius 3 is 1.85 bits per heavy atom. The Morgan fingerprint density at radius 2 is 1.19 bits per heavy atom. The first-order valence-corrected chi connectivity index (χ1v) is 9.36. The molecule has 4 aromatic carbocycles. The largest absolute Gasteiger partial charge is 0.472 e. The molecule has 4 aromatic rings. The first-order chi connectivity index (χ1) is 13.3. The highest BCUT2D eigenvalue weighted by molar-refractivity contribution is 6.30. The van der Waals surface area contributed by atoms with Crippen LogP contribution in [-0.2, 0) is 5.60 Å². The number of ether oxygens (including phenoxy) is 1. The fraction of sp³-hybridized carbons (Fsp3) is 0.0400. The Hall–Kier alpha value is -3.03. The molecule has 0 aromatic heterocycles. The van der Waals surface area contributed by atoms with E-state index in [0.717, 1.165) is 28.0 Å². The van der Waals surface area contributed by atoms with Crippen LogP contribution in [0.25, 0.3) is 11.1 Å². The molecule has 2 heteroatoms. The van der Waals surface area contributed by atoms with E-state index in [-0.39, 0.29) is 0 Å². The van der Waals surface area contributed by atoms with Crippen LogP contribution in [0.15, 0.2) is 103 Å². The smallest absolute Gasteiger partial charge is 0.185 e. The second kappa shape index (κ2) is 6.29. The standard InChI is InChI=1S/C25H17ClO/c26-20-15-16-22-21-13-7-8-14-23(21)25(27-24(22)17-20,18-9-3-1-4-10-18)19-11-5-2-6-12-19/h1-17H. The normalized spacial score (nSPS) is 14.0. The molecule has 0 saturated carbocycles. The van der Waals surface area contributed by atoms with Gasteiger partial charge in [-0.3, -0.25) is 0 Å². The van der Waals surface area contributed by atoms with E-state index in [4.69, 9.17) is 16.3 Å². The zero-order valence-electron chi connectivity index (χ0n) is 14.6. The maximum atomic E-state index is 6.81. The molecule has 0 aliphatic carbocycles. The molecular formula is C25H17ClO. The van der Waals surface area contributed by atoms with Crippen LogP contribution in [0.5, 0.6) is 5.75 Å². The van der Waals surface area contributed by atoms with Gasteiger partial charge < -0.3 is 4.74 Å². The lowest BCUT2D eigenvalue weighted by Crippen LogP contribution is -2.38. The first-order valence-electron chi connectivity index (χ1n) is 8.98. The van der Waals surface area contributed by atoms with Crippen LogP contribution in [0.4, 0.5) is 0 Å². The van der Waals surface area contributed by atoms with Gasteiger partial charge in [-0.1, -0.05) is 96.5 Å². The monoisotopic (exact) mass is 368 g/mol. The molecule has 0 fully saturated rings. The molecule has 0 amide bonds. The summed E-state index contributed by atoms with van der Waals surface area (Å²) in [5.41, 5.74) is 4.83. The van der Waals surface area contributed by atoms with Crippen molar-refractivity contribution >= 4 is 11.6 Å². The number of halogens is 1. The van der Waals surface area contributed by atoms with Crippen molar-refractivity contribution in [3.05, 3.63) is 125 Å². The molecule has 1 heterocycles. The van der Waals surface area contributed by atoms with E-state index in [2.05, 4.69) is 72.8 Å². The highest BCUT2D eigenvalue weighted by Gasteiger charge is 2.44. The fourth-order valence-electron chi connectivity index (χ4n) is 3.99. The van der Waals surface area contributed by atoms with Crippen LogP contribution in [0.3, 0.4) is 0 Å². The van der Waals surface area contributed by atoms with E-state index in [0.29, 0.717) is 5.02 Å². The average molecular weight is 369 g/mol. The molecule has 27 heavy (non-hydrogen) atoms. The Labute approximate surface area is 163 Å². The van der Waals surface area contributed by atoms with Crippen LogP contribution >= 0.6 is 11.6 Å². The van der Waals surface area contributed by atoms with E-state index < -0.39 is 5.60 Å². The van der Waals surface area contributed by atoms with Crippen molar-refractivity contribution < 1.29 is 4.74 Å². The van der Waals surface area contributed by atoms with E-state index in [1.165, 1.54) is 5.56 Å². The third kappa shape index (κ3) is 2.47. The molecule has 0 atom stereocenters. The van der Waals surface area contributed by atoms with Crippen molar-refractivity contribution in [1.29, 1.82) is 0 Å². The van der Waals surface area contributed by atoms with Gasteiger partial charge in [0.25, 0.3) is 0 Å². The molecule has 0 unspecified atom stereocenters. The first kappa shape index (κ1) is 16.2. The van der Waals surface area contributed by atoms with Gasteiger partial charge in [-0.05, 0) is 23.8 Å². The average Bonchev–Trinajstić information content (AvgIpc) is 2.74. The molecule has 1 aliphatic rings. The van der Waals surface area contributed by atoms with E-state index in [9.17, 15) is 0 Å². The molecule has 0 radical (unpaired) electrons. The summed E-state index contributed by atoms with van der Waals surface area (Å²) in [4.78, 5) is 0. The molecule has 0 bridgehead atoms. The van der Waals surface area contributed by atoms with Gasteiger partial charge in [0.15, 0.2) is 5.60 Å². The van der Waals surface area contributed by atoms with Crippen molar-refractivity contribution in [2.45, 2.75) is 5.60 Å². The highest BCUT2D eigenvalue weighted by Crippen LogP contribution is 2.51. The summed E-state index contributed by atoms with van der Waals surface area (Å²) in [5.74, 6) is 0.800. The Balaban J connectivity index is 1.90. The summed E-state index contributed by atoms with van der Waals surface area (Å²) in [6.45, 7) is 0. The SMILES string of the molecule is Clc1ccc2c(c1)OC(c1ccccc1)(c1ccccc1)c1ccccc1-2. The minimum absolute atomic E-state index is 0.670.